The monoisotopic (exact) mass is 942 g/mol. The third kappa shape index (κ3) is 37.2. The van der Waals surface area contributed by atoms with E-state index in [0.29, 0.717) is 6.42 Å². The molecule has 7 unspecified atom stereocenters. The van der Waals surface area contributed by atoms with Gasteiger partial charge in [-0.3, -0.25) is 4.79 Å². The van der Waals surface area contributed by atoms with Gasteiger partial charge >= 0.3 is 0 Å². The van der Waals surface area contributed by atoms with Gasteiger partial charge in [-0.1, -0.05) is 222 Å². The van der Waals surface area contributed by atoms with Gasteiger partial charge in [0.25, 0.3) is 0 Å². The van der Waals surface area contributed by atoms with Gasteiger partial charge in [0.2, 0.25) is 5.91 Å². The number of hydrogen-bond donors (Lipinski definition) is 6. The molecule has 7 atom stereocenters. The molecule has 0 spiro atoms. The van der Waals surface area contributed by atoms with Crippen molar-refractivity contribution in [2.75, 3.05) is 13.2 Å². The Morgan fingerprint density at radius 2 is 0.940 bits per heavy atom. The fraction of sp³-hybridized carbons (Fsp3) is 0.776. The molecule has 1 amide bonds. The summed E-state index contributed by atoms with van der Waals surface area (Å²) in [4.78, 5) is 13.0. The molecular formula is C58H103NO8. The molecule has 0 radical (unpaired) electrons. The Bertz CT molecular complexity index is 1280. The Morgan fingerprint density at radius 1 is 0.522 bits per heavy atom. The Balaban J connectivity index is 2.26. The van der Waals surface area contributed by atoms with E-state index in [9.17, 15) is 30.3 Å². The van der Waals surface area contributed by atoms with E-state index >= 15 is 0 Å². The van der Waals surface area contributed by atoms with Crippen molar-refractivity contribution in [2.45, 2.75) is 275 Å². The van der Waals surface area contributed by atoms with Crippen LogP contribution in [0.2, 0.25) is 0 Å². The first kappa shape index (κ1) is 62.6. The second-order valence-electron chi connectivity index (χ2n) is 19.0. The van der Waals surface area contributed by atoms with Crippen LogP contribution in [0.15, 0.2) is 72.9 Å². The van der Waals surface area contributed by atoms with Crippen LogP contribution < -0.4 is 5.32 Å². The number of aliphatic hydroxyl groups is 5. The minimum Gasteiger partial charge on any atom is -0.394 e. The predicted octanol–water partition coefficient (Wildman–Crippen LogP) is 13.3. The molecule has 9 nitrogen and oxygen atoms in total. The van der Waals surface area contributed by atoms with Crippen LogP contribution >= 0.6 is 0 Å². The summed E-state index contributed by atoms with van der Waals surface area (Å²) in [5.41, 5.74) is 0. The molecule has 67 heavy (non-hydrogen) atoms. The highest BCUT2D eigenvalue weighted by atomic mass is 16.7. The van der Waals surface area contributed by atoms with Crippen molar-refractivity contribution in [2.24, 2.45) is 0 Å². The second-order valence-corrected chi connectivity index (χ2v) is 19.0. The third-order valence-electron chi connectivity index (χ3n) is 12.7. The zero-order valence-electron chi connectivity index (χ0n) is 42.9. The summed E-state index contributed by atoms with van der Waals surface area (Å²) < 4.78 is 11.2. The number of rotatable bonds is 46. The van der Waals surface area contributed by atoms with E-state index in [1.54, 1.807) is 6.08 Å². The molecule has 0 aromatic carbocycles. The summed E-state index contributed by atoms with van der Waals surface area (Å²) in [7, 11) is 0. The first-order chi connectivity index (χ1) is 32.8. The first-order valence-electron chi connectivity index (χ1n) is 27.7. The second kappa shape index (κ2) is 47.3. The highest BCUT2D eigenvalue weighted by molar-refractivity contribution is 5.76. The molecule has 1 fully saturated rings. The Kier molecular flexibility index (Phi) is 44.2. The number of unbranched alkanes of at least 4 members (excludes halogenated alkanes) is 26. The number of carbonyl (C=O) groups is 1. The highest BCUT2D eigenvalue weighted by Crippen LogP contribution is 2.23. The summed E-state index contributed by atoms with van der Waals surface area (Å²) in [6.07, 6.45) is 58.4. The van der Waals surface area contributed by atoms with E-state index in [4.69, 9.17) is 9.47 Å². The average Bonchev–Trinajstić information content (AvgIpc) is 3.33. The Hall–Kier alpha value is -2.37. The summed E-state index contributed by atoms with van der Waals surface area (Å²) in [5.74, 6) is -0.210. The molecule has 1 heterocycles. The summed E-state index contributed by atoms with van der Waals surface area (Å²) in [6, 6.07) is -0.841. The summed E-state index contributed by atoms with van der Waals surface area (Å²) in [6.45, 7) is 3.64. The van der Waals surface area contributed by atoms with Crippen LogP contribution in [-0.4, -0.2) is 87.5 Å². The zero-order valence-corrected chi connectivity index (χ0v) is 42.9. The standard InChI is InChI=1S/C58H103NO8/c1-3-5-7-9-11-13-15-17-19-20-21-22-23-24-25-26-27-28-29-30-31-32-34-35-37-39-41-43-45-47-52(61)51(50-66-58-57(65)56(64)55(63)53(49-60)67-58)59-54(62)48-46-44-42-40-38-36-33-18-16-14-12-10-8-6-4-2/h6,8,12,14,18,31-33,37,39,45,47,51-53,55-58,60-61,63-65H,3-5,7,9-11,13,15-17,19-30,34-36,38,40-44,46,48-50H2,1-2H3,(H,59,62)/b8-6-,14-12-,32-31+,33-18-,39-37+,47-45+. The fourth-order valence-electron chi connectivity index (χ4n) is 8.38. The van der Waals surface area contributed by atoms with E-state index in [2.05, 4.69) is 79.9 Å². The Morgan fingerprint density at radius 3 is 1.43 bits per heavy atom. The van der Waals surface area contributed by atoms with E-state index in [1.165, 1.54) is 128 Å². The predicted molar refractivity (Wildman–Crippen MR) is 281 cm³/mol. The maximum absolute atomic E-state index is 13.0. The van der Waals surface area contributed by atoms with Crippen molar-refractivity contribution in [3.05, 3.63) is 72.9 Å². The van der Waals surface area contributed by atoms with Crippen LogP contribution in [0.1, 0.15) is 232 Å². The lowest BCUT2D eigenvalue weighted by molar-refractivity contribution is -0.302. The molecule has 1 aliphatic rings. The zero-order chi connectivity index (χ0) is 48.7. The van der Waals surface area contributed by atoms with Gasteiger partial charge < -0.3 is 40.3 Å². The molecule has 1 saturated heterocycles. The third-order valence-corrected chi connectivity index (χ3v) is 12.7. The average molecular weight is 942 g/mol. The lowest BCUT2D eigenvalue weighted by Gasteiger charge is -2.40. The maximum atomic E-state index is 13.0. The molecule has 6 N–H and O–H groups in total. The normalized spacial score (nSPS) is 20.3. The van der Waals surface area contributed by atoms with Crippen molar-refractivity contribution in [3.8, 4) is 0 Å². The van der Waals surface area contributed by atoms with Gasteiger partial charge in [-0.05, 0) is 77.0 Å². The summed E-state index contributed by atoms with van der Waals surface area (Å²) in [5, 5.41) is 54.3. The van der Waals surface area contributed by atoms with Gasteiger partial charge in [-0.2, -0.15) is 0 Å². The molecule has 0 aromatic heterocycles. The van der Waals surface area contributed by atoms with Crippen LogP contribution in [0.4, 0.5) is 0 Å². The van der Waals surface area contributed by atoms with Gasteiger partial charge in [-0.25, -0.2) is 0 Å². The van der Waals surface area contributed by atoms with Gasteiger partial charge in [0.05, 0.1) is 25.4 Å². The van der Waals surface area contributed by atoms with Crippen molar-refractivity contribution >= 4 is 5.91 Å². The van der Waals surface area contributed by atoms with Crippen molar-refractivity contribution in [1.82, 2.24) is 5.32 Å². The number of ether oxygens (including phenoxy) is 2. The number of nitrogens with one attached hydrogen (secondary N) is 1. The maximum Gasteiger partial charge on any atom is 0.220 e. The highest BCUT2D eigenvalue weighted by Gasteiger charge is 2.44. The topological polar surface area (TPSA) is 149 Å². The molecule has 0 bridgehead atoms. The van der Waals surface area contributed by atoms with Gasteiger partial charge in [0.1, 0.15) is 24.4 Å². The van der Waals surface area contributed by atoms with Gasteiger partial charge in [-0.15, -0.1) is 0 Å². The van der Waals surface area contributed by atoms with Crippen LogP contribution in [0, 0.1) is 0 Å². The van der Waals surface area contributed by atoms with E-state index < -0.39 is 49.5 Å². The number of amides is 1. The fourth-order valence-corrected chi connectivity index (χ4v) is 8.38. The molecule has 1 rings (SSSR count). The molecule has 0 saturated carbocycles. The van der Waals surface area contributed by atoms with Crippen LogP contribution in [0.25, 0.3) is 0 Å². The first-order valence-corrected chi connectivity index (χ1v) is 27.7. The molecule has 0 aliphatic carbocycles. The van der Waals surface area contributed by atoms with Crippen LogP contribution in [0.3, 0.4) is 0 Å². The van der Waals surface area contributed by atoms with Gasteiger partial charge in [0.15, 0.2) is 6.29 Å². The van der Waals surface area contributed by atoms with Crippen molar-refractivity contribution in [1.29, 1.82) is 0 Å². The number of hydrogen-bond acceptors (Lipinski definition) is 8. The minimum absolute atomic E-state index is 0.210. The lowest BCUT2D eigenvalue weighted by atomic mass is 9.99. The van der Waals surface area contributed by atoms with Crippen LogP contribution in [0.5, 0.6) is 0 Å². The molecular weight excluding hydrogens is 839 g/mol. The molecule has 0 aromatic rings. The van der Waals surface area contributed by atoms with E-state index in [0.717, 1.165) is 83.5 Å². The number of carbonyl (C=O) groups excluding carboxylic acids is 1. The van der Waals surface area contributed by atoms with Gasteiger partial charge in [0, 0.05) is 6.42 Å². The Labute approximate surface area is 410 Å². The quantitative estimate of drug-likeness (QED) is 0.0261. The summed E-state index contributed by atoms with van der Waals surface area (Å²) >= 11 is 0. The van der Waals surface area contributed by atoms with Crippen molar-refractivity contribution < 1.29 is 39.8 Å². The smallest absolute Gasteiger partial charge is 0.220 e. The van der Waals surface area contributed by atoms with E-state index in [1.807, 2.05) is 6.08 Å². The molecule has 1 aliphatic heterocycles. The van der Waals surface area contributed by atoms with E-state index in [-0.39, 0.29) is 12.5 Å². The largest absolute Gasteiger partial charge is 0.394 e. The number of allylic oxidation sites excluding steroid dienone is 11. The molecule has 9 heteroatoms. The SMILES string of the molecule is CC/C=C\C/C=C\C/C=C\CCCCCCCC(=O)NC(COC1OC(CO)C(O)C(O)C1O)C(O)/C=C/CC/C=C/CC/C=C/CCCCCCCCCCCCCCCCCCCCC. The number of aliphatic hydroxyl groups excluding tert-OH is 5. The lowest BCUT2D eigenvalue weighted by Crippen LogP contribution is -2.60. The minimum atomic E-state index is -1.58. The van der Waals surface area contributed by atoms with Crippen LogP contribution in [-0.2, 0) is 14.3 Å². The van der Waals surface area contributed by atoms with Crippen molar-refractivity contribution in [3.63, 3.8) is 0 Å². The molecule has 388 valence electrons.